The highest BCUT2D eigenvalue weighted by molar-refractivity contribution is 5.82. The molecule has 1 saturated carbocycles. The molecular weight excluding hydrogens is 261 g/mol. The van der Waals surface area contributed by atoms with Gasteiger partial charge in [0.15, 0.2) is 0 Å². The molecule has 1 fully saturated rings. The lowest BCUT2D eigenvalue weighted by molar-refractivity contribution is -0.121. The summed E-state index contributed by atoms with van der Waals surface area (Å²) in [5.74, 6) is -0.693. The van der Waals surface area contributed by atoms with E-state index in [0.29, 0.717) is 5.56 Å². The highest BCUT2D eigenvalue weighted by Gasteiger charge is 2.17. The maximum absolute atomic E-state index is 12.7. The molecule has 0 spiro atoms. The van der Waals surface area contributed by atoms with Gasteiger partial charge in [-0.15, -0.1) is 0 Å². The summed E-state index contributed by atoms with van der Waals surface area (Å²) in [7, 11) is 0. The maximum Gasteiger partial charge on any atom is 0.333 e. The zero-order chi connectivity index (χ0) is 14.4. The summed E-state index contributed by atoms with van der Waals surface area (Å²) >= 11 is 0. The average Bonchev–Trinajstić information content (AvgIpc) is 2.92. The number of hydrazine groups is 1. The molecule has 3 N–H and O–H groups in total. The van der Waals surface area contributed by atoms with Gasteiger partial charge in [0.1, 0.15) is 5.82 Å². The number of benzene rings is 1. The molecule has 108 valence electrons. The first-order valence-electron chi connectivity index (χ1n) is 6.73. The molecule has 0 saturated heterocycles. The highest BCUT2D eigenvalue weighted by atomic mass is 19.1. The number of hydrogen-bond donors (Lipinski definition) is 3. The Kier molecular flexibility index (Phi) is 4.92. The first-order chi connectivity index (χ1) is 9.63. The summed E-state index contributed by atoms with van der Waals surface area (Å²) in [5.41, 5.74) is 5.32. The maximum atomic E-state index is 12.7. The molecule has 1 aromatic rings. The van der Waals surface area contributed by atoms with Crippen LogP contribution < -0.4 is 16.2 Å². The van der Waals surface area contributed by atoms with Crippen LogP contribution in [-0.2, 0) is 11.2 Å². The SMILES string of the molecule is O=C(Cc1ccc(F)cc1)NNC(=O)NC1CCCC1. The van der Waals surface area contributed by atoms with Gasteiger partial charge in [0.2, 0.25) is 5.91 Å². The standard InChI is InChI=1S/C14H18FN3O2/c15-11-7-5-10(6-8-11)9-13(19)17-18-14(20)16-12-3-1-2-4-12/h5-8,12H,1-4,9H2,(H,17,19)(H2,16,18,20). The molecule has 1 aliphatic carbocycles. The Balaban J connectivity index is 1.69. The zero-order valence-corrected chi connectivity index (χ0v) is 11.1. The fourth-order valence-corrected chi connectivity index (χ4v) is 2.25. The van der Waals surface area contributed by atoms with Crippen molar-refractivity contribution < 1.29 is 14.0 Å². The predicted octanol–water partition coefficient (Wildman–Crippen LogP) is 1.64. The van der Waals surface area contributed by atoms with Crippen LogP contribution in [0.15, 0.2) is 24.3 Å². The van der Waals surface area contributed by atoms with Crippen LogP contribution in [0.25, 0.3) is 0 Å². The number of hydrogen-bond acceptors (Lipinski definition) is 2. The van der Waals surface area contributed by atoms with Crippen LogP contribution in [0.3, 0.4) is 0 Å². The molecule has 20 heavy (non-hydrogen) atoms. The van der Waals surface area contributed by atoms with E-state index in [1.165, 1.54) is 24.3 Å². The number of nitrogens with one attached hydrogen (secondary N) is 3. The Labute approximate surface area is 116 Å². The van der Waals surface area contributed by atoms with Crippen molar-refractivity contribution >= 4 is 11.9 Å². The predicted molar refractivity (Wildman–Crippen MR) is 72.2 cm³/mol. The third kappa shape index (κ3) is 4.53. The van der Waals surface area contributed by atoms with Crippen molar-refractivity contribution in [2.75, 3.05) is 0 Å². The van der Waals surface area contributed by atoms with Gasteiger partial charge >= 0.3 is 6.03 Å². The molecule has 1 aliphatic rings. The second kappa shape index (κ2) is 6.88. The molecule has 0 radical (unpaired) electrons. The van der Waals surface area contributed by atoms with Crippen LogP contribution in [0, 0.1) is 5.82 Å². The second-order valence-electron chi connectivity index (χ2n) is 4.93. The van der Waals surface area contributed by atoms with E-state index in [-0.39, 0.29) is 24.2 Å². The van der Waals surface area contributed by atoms with Crippen molar-refractivity contribution in [3.63, 3.8) is 0 Å². The zero-order valence-electron chi connectivity index (χ0n) is 11.1. The van der Waals surface area contributed by atoms with Gasteiger partial charge in [-0.2, -0.15) is 0 Å². The largest absolute Gasteiger partial charge is 0.334 e. The van der Waals surface area contributed by atoms with Gasteiger partial charge in [-0.1, -0.05) is 25.0 Å². The fourth-order valence-electron chi connectivity index (χ4n) is 2.25. The normalized spacial score (nSPS) is 14.8. The van der Waals surface area contributed by atoms with Crippen molar-refractivity contribution in [3.05, 3.63) is 35.6 Å². The second-order valence-corrected chi connectivity index (χ2v) is 4.93. The van der Waals surface area contributed by atoms with Crippen molar-refractivity contribution in [2.45, 2.75) is 38.1 Å². The number of carbonyl (C=O) groups is 2. The van der Waals surface area contributed by atoms with Crippen LogP contribution in [-0.4, -0.2) is 18.0 Å². The van der Waals surface area contributed by atoms with Crippen LogP contribution in [0.2, 0.25) is 0 Å². The molecule has 0 heterocycles. The molecule has 0 bridgehead atoms. The molecule has 1 aromatic carbocycles. The molecule has 5 nitrogen and oxygen atoms in total. The number of amides is 3. The Bertz CT molecular complexity index is 470. The molecule has 0 atom stereocenters. The first-order valence-corrected chi connectivity index (χ1v) is 6.73. The van der Waals surface area contributed by atoms with Crippen molar-refractivity contribution in [3.8, 4) is 0 Å². The van der Waals surface area contributed by atoms with Crippen LogP contribution in [0.5, 0.6) is 0 Å². The molecule has 0 aliphatic heterocycles. The molecule has 0 unspecified atom stereocenters. The first kappa shape index (κ1) is 14.3. The molecular formula is C14H18FN3O2. The topological polar surface area (TPSA) is 70.2 Å². The lowest BCUT2D eigenvalue weighted by Gasteiger charge is -2.13. The summed E-state index contributed by atoms with van der Waals surface area (Å²) in [6.07, 6.45) is 4.31. The third-order valence-electron chi connectivity index (χ3n) is 3.28. The van der Waals surface area contributed by atoms with Gasteiger partial charge in [0.05, 0.1) is 6.42 Å². The summed E-state index contributed by atoms with van der Waals surface area (Å²) in [5, 5.41) is 2.79. The minimum Gasteiger partial charge on any atom is -0.334 e. The summed E-state index contributed by atoms with van der Waals surface area (Å²) in [6.45, 7) is 0. The lowest BCUT2D eigenvalue weighted by Crippen LogP contribution is -2.49. The van der Waals surface area contributed by atoms with Crippen molar-refractivity contribution in [2.24, 2.45) is 0 Å². The van der Waals surface area contributed by atoms with E-state index >= 15 is 0 Å². The molecule has 6 heteroatoms. The quantitative estimate of drug-likeness (QED) is 0.736. The number of halogens is 1. The van der Waals surface area contributed by atoms with Gasteiger partial charge in [0.25, 0.3) is 0 Å². The van der Waals surface area contributed by atoms with Gasteiger partial charge in [-0.3, -0.25) is 10.2 Å². The van der Waals surface area contributed by atoms with Gasteiger partial charge in [-0.05, 0) is 30.5 Å². The number of rotatable bonds is 3. The molecule has 3 amide bonds. The van der Waals surface area contributed by atoms with E-state index in [4.69, 9.17) is 0 Å². The summed E-state index contributed by atoms with van der Waals surface area (Å²) in [4.78, 5) is 23.1. The van der Waals surface area contributed by atoms with E-state index < -0.39 is 6.03 Å². The van der Waals surface area contributed by atoms with Crippen molar-refractivity contribution in [1.82, 2.24) is 16.2 Å². The lowest BCUT2D eigenvalue weighted by atomic mass is 10.1. The Morgan fingerprint density at radius 2 is 1.75 bits per heavy atom. The smallest absolute Gasteiger partial charge is 0.333 e. The van der Waals surface area contributed by atoms with Crippen LogP contribution in [0.1, 0.15) is 31.2 Å². The Morgan fingerprint density at radius 3 is 2.40 bits per heavy atom. The number of carbonyl (C=O) groups excluding carboxylic acids is 2. The van der Waals surface area contributed by atoms with E-state index in [1.807, 2.05) is 0 Å². The summed E-state index contributed by atoms with van der Waals surface area (Å²) in [6, 6.07) is 5.46. The van der Waals surface area contributed by atoms with Crippen LogP contribution >= 0.6 is 0 Å². The van der Waals surface area contributed by atoms with Gasteiger partial charge < -0.3 is 5.32 Å². The highest BCUT2D eigenvalue weighted by Crippen LogP contribution is 2.17. The Hall–Kier alpha value is -2.11. The molecule has 0 aromatic heterocycles. The monoisotopic (exact) mass is 279 g/mol. The fraction of sp³-hybridized carbons (Fsp3) is 0.429. The summed E-state index contributed by atoms with van der Waals surface area (Å²) < 4.78 is 12.7. The van der Waals surface area contributed by atoms with E-state index in [9.17, 15) is 14.0 Å². The van der Waals surface area contributed by atoms with Gasteiger partial charge in [0, 0.05) is 6.04 Å². The third-order valence-corrected chi connectivity index (χ3v) is 3.28. The van der Waals surface area contributed by atoms with Crippen molar-refractivity contribution in [1.29, 1.82) is 0 Å². The van der Waals surface area contributed by atoms with E-state index in [1.54, 1.807) is 0 Å². The van der Waals surface area contributed by atoms with Crippen LogP contribution in [0.4, 0.5) is 9.18 Å². The number of urea groups is 1. The minimum atomic E-state index is -0.399. The van der Waals surface area contributed by atoms with E-state index in [2.05, 4.69) is 16.2 Å². The van der Waals surface area contributed by atoms with E-state index in [0.717, 1.165) is 25.7 Å². The minimum absolute atomic E-state index is 0.0873. The Morgan fingerprint density at radius 1 is 1.10 bits per heavy atom. The average molecular weight is 279 g/mol. The molecule has 2 rings (SSSR count). The van der Waals surface area contributed by atoms with Gasteiger partial charge in [-0.25, -0.2) is 14.6 Å².